The second kappa shape index (κ2) is 16.7. The summed E-state index contributed by atoms with van der Waals surface area (Å²) >= 11 is 0. The van der Waals surface area contributed by atoms with Crippen molar-refractivity contribution >= 4 is 0 Å². The normalized spacial score (nSPS) is 12.3. The molecule has 0 aliphatic heterocycles. The number of allylic oxidation sites excluding steroid dienone is 2. The van der Waals surface area contributed by atoms with Gasteiger partial charge in [0.15, 0.2) is 0 Å². The van der Waals surface area contributed by atoms with Gasteiger partial charge in [0.1, 0.15) is 0 Å². The maximum atomic E-state index is 13.0. The van der Waals surface area contributed by atoms with E-state index in [4.69, 9.17) is 4.74 Å². The van der Waals surface area contributed by atoms with Crippen LogP contribution in [0.3, 0.4) is 0 Å². The second-order valence-corrected chi connectivity index (χ2v) is 7.04. The van der Waals surface area contributed by atoms with Crippen LogP contribution in [-0.2, 0) is 0 Å². The number of aromatic nitrogens is 1. The molecule has 158 valence electrons. The van der Waals surface area contributed by atoms with E-state index in [1.165, 1.54) is 12.0 Å². The molecule has 0 saturated carbocycles. The van der Waals surface area contributed by atoms with Gasteiger partial charge in [0.25, 0.3) is 0 Å². The Morgan fingerprint density at radius 3 is 2.22 bits per heavy atom. The number of hydrogen-bond donors (Lipinski definition) is 0. The van der Waals surface area contributed by atoms with Crippen molar-refractivity contribution in [2.24, 2.45) is 5.92 Å². The Labute approximate surface area is 166 Å². The van der Waals surface area contributed by atoms with E-state index in [-0.39, 0.29) is 18.8 Å². The highest BCUT2D eigenvalue weighted by atomic mass is 19.3. The van der Waals surface area contributed by atoms with Gasteiger partial charge in [-0.25, -0.2) is 13.8 Å². The molecule has 0 fully saturated rings. The molecule has 0 amide bonds. The molecule has 1 rings (SSSR count). The van der Waals surface area contributed by atoms with Crippen LogP contribution in [0.1, 0.15) is 85.6 Å². The van der Waals surface area contributed by atoms with Crippen LogP contribution in [0, 0.1) is 12.8 Å². The Balaban J connectivity index is 0. The van der Waals surface area contributed by atoms with E-state index in [0.717, 1.165) is 18.4 Å². The zero-order valence-electron chi connectivity index (χ0n) is 18.7. The molecule has 0 N–H and O–H groups in total. The fourth-order valence-corrected chi connectivity index (χ4v) is 1.97. The van der Waals surface area contributed by atoms with Crippen molar-refractivity contribution in [2.45, 2.75) is 92.9 Å². The minimum Gasteiger partial charge on any atom is -0.481 e. The van der Waals surface area contributed by atoms with E-state index in [2.05, 4.69) is 31.8 Å². The van der Waals surface area contributed by atoms with Gasteiger partial charge in [0, 0.05) is 25.1 Å². The summed E-state index contributed by atoms with van der Waals surface area (Å²) in [6.07, 6.45) is 7.58. The molecule has 2 nitrogen and oxygen atoms in total. The summed E-state index contributed by atoms with van der Waals surface area (Å²) in [5, 5.41) is 0. The second-order valence-electron chi connectivity index (χ2n) is 7.04. The summed E-state index contributed by atoms with van der Waals surface area (Å²) < 4.78 is 31.0. The Kier molecular flexibility index (Phi) is 17.2. The molecule has 1 atom stereocenters. The van der Waals surface area contributed by atoms with Crippen molar-refractivity contribution in [3.8, 4) is 5.88 Å². The minimum atomic E-state index is -2.43. The highest BCUT2D eigenvalue weighted by Crippen LogP contribution is 2.29. The number of ether oxygens (including phenoxy) is 1. The van der Waals surface area contributed by atoms with Crippen LogP contribution in [0.15, 0.2) is 30.0 Å². The summed E-state index contributed by atoms with van der Waals surface area (Å²) in [5.74, 6) is -1.61. The Bertz CT molecular complexity index is 484. The molecule has 27 heavy (non-hydrogen) atoms. The van der Waals surface area contributed by atoms with Crippen LogP contribution in [0.4, 0.5) is 8.78 Å². The fraction of sp³-hybridized carbons (Fsp3) is 0.696. The van der Waals surface area contributed by atoms with Crippen molar-refractivity contribution in [3.05, 3.63) is 35.5 Å². The average molecular weight is 386 g/mol. The molecule has 1 unspecified atom stereocenters. The van der Waals surface area contributed by atoms with Gasteiger partial charge < -0.3 is 4.74 Å². The molecule has 0 radical (unpaired) electrons. The third kappa shape index (κ3) is 17.7. The maximum Gasteiger partial charge on any atom is 0.248 e. The predicted molar refractivity (Wildman–Crippen MR) is 114 cm³/mol. The standard InChI is InChI=1S/C10H20F2.C7H9NO.C6H12/c1-4-6-7-10(11,12)8-9(3)5-2;1-6-3-4-7(9-2)8-5-6;1-4-6(3)5-2/h9H,4-8H2,1-3H3;3-5H,1-2H3;4H,5H2,1-3H3/b;;6-4+. The van der Waals surface area contributed by atoms with E-state index in [1.54, 1.807) is 13.3 Å². The van der Waals surface area contributed by atoms with E-state index in [0.29, 0.717) is 12.3 Å². The highest BCUT2D eigenvalue weighted by molar-refractivity contribution is 5.15. The smallest absolute Gasteiger partial charge is 0.248 e. The van der Waals surface area contributed by atoms with Crippen LogP contribution in [0.25, 0.3) is 0 Å². The SMILES string of the molecule is C/C=C(\C)CC.CCCCC(F)(F)CC(C)CC.COc1ccc(C)cn1. The number of aryl methyl sites for hydroxylation is 1. The van der Waals surface area contributed by atoms with Gasteiger partial charge in [-0.05, 0) is 45.1 Å². The van der Waals surface area contributed by atoms with Gasteiger partial charge in [-0.3, -0.25) is 0 Å². The van der Waals surface area contributed by atoms with E-state index < -0.39 is 5.92 Å². The largest absolute Gasteiger partial charge is 0.481 e. The van der Waals surface area contributed by atoms with Crippen molar-refractivity contribution in [1.82, 2.24) is 4.98 Å². The first kappa shape index (κ1) is 27.8. The zero-order chi connectivity index (χ0) is 21.3. The van der Waals surface area contributed by atoms with Gasteiger partial charge in [-0.15, -0.1) is 0 Å². The molecule has 0 aliphatic carbocycles. The van der Waals surface area contributed by atoms with Crippen LogP contribution in [0.2, 0.25) is 0 Å². The zero-order valence-corrected chi connectivity index (χ0v) is 18.7. The molecule has 0 spiro atoms. The molecular weight excluding hydrogens is 344 g/mol. The molecular formula is C23H41F2NO. The molecule has 0 saturated heterocycles. The predicted octanol–water partition coefficient (Wildman–Crippen LogP) is 8.01. The lowest BCUT2D eigenvalue weighted by Crippen LogP contribution is -2.19. The number of halogens is 2. The maximum absolute atomic E-state index is 13.0. The van der Waals surface area contributed by atoms with Crippen molar-refractivity contribution in [1.29, 1.82) is 0 Å². The lowest BCUT2D eigenvalue weighted by atomic mass is 9.97. The number of alkyl halides is 2. The van der Waals surface area contributed by atoms with Crippen molar-refractivity contribution in [2.75, 3.05) is 7.11 Å². The van der Waals surface area contributed by atoms with E-state index in [9.17, 15) is 8.78 Å². The average Bonchev–Trinajstić information content (AvgIpc) is 2.67. The van der Waals surface area contributed by atoms with Gasteiger partial charge in [0.2, 0.25) is 11.8 Å². The van der Waals surface area contributed by atoms with Crippen LogP contribution < -0.4 is 4.74 Å². The fourth-order valence-electron chi connectivity index (χ4n) is 1.97. The number of nitrogens with zero attached hydrogens (tertiary/aromatic N) is 1. The first-order valence-corrected chi connectivity index (χ1v) is 10.1. The molecule has 1 heterocycles. The monoisotopic (exact) mass is 385 g/mol. The Morgan fingerprint density at radius 1 is 1.26 bits per heavy atom. The Morgan fingerprint density at radius 2 is 1.89 bits per heavy atom. The van der Waals surface area contributed by atoms with Crippen molar-refractivity contribution in [3.63, 3.8) is 0 Å². The molecule has 0 aromatic carbocycles. The quantitative estimate of drug-likeness (QED) is 0.423. The summed E-state index contributed by atoms with van der Waals surface area (Å²) in [6.45, 7) is 14.2. The first-order valence-electron chi connectivity index (χ1n) is 10.1. The van der Waals surface area contributed by atoms with Gasteiger partial charge in [-0.2, -0.15) is 0 Å². The number of unbranched alkanes of at least 4 members (excludes halogenated alkanes) is 1. The van der Waals surface area contributed by atoms with Gasteiger partial charge in [0.05, 0.1) is 7.11 Å². The summed E-state index contributed by atoms with van der Waals surface area (Å²) in [7, 11) is 1.61. The summed E-state index contributed by atoms with van der Waals surface area (Å²) in [6, 6.07) is 3.81. The Hall–Kier alpha value is -1.45. The third-order valence-electron chi connectivity index (χ3n) is 4.38. The number of pyridine rings is 1. The molecule has 0 bridgehead atoms. The highest BCUT2D eigenvalue weighted by Gasteiger charge is 2.29. The summed E-state index contributed by atoms with van der Waals surface area (Å²) in [5.41, 5.74) is 2.62. The topological polar surface area (TPSA) is 22.1 Å². The number of rotatable bonds is 8. The van der Waals surface area contributed by atoms with Crippen molar-refractivity contribution < 1.29 is 13.5 Å². The summed E-state index contributed by atoms with van der Waals surface area (Å²) in [4.78, 5) is 3.97. The minimum absolute atomic E-state index is 0.0590. The van der Waals surface area contributed by atoms with E-state index in [1.807, 2.05) is 39.8 Å². The first-order chi connectivity index (χ1) is 12.6. The number of hydrogen-bond acceptors (Lipinski definition) is 2. The lowest BCUT2D eigenvalue weighted by Gasteiger charge is -2.19. The van der Waals surface area contributed by atoms with Crippen LogP contribution in [0.5, 0.6) is 5.88 Å². The third-order valence-corrected chi connectivity index (χ3v) is 4.38. The molecule has 1 aromatic heterocycles. The molecule has 0 aliphatic rings. The lowest BCUT2D eigenvalue weighted by molar-refractivity contribution is -0.0310. The van der Waals surface area contributed by atoms with Gasteiger partial charge in [-0.1, -0.05) is 58.3 Å². The van der Waals surface area contributed by atoms with Gasteiger partial charge >= 0.3 is 0 Å². The van der Waals surface area contributed by atoms with E-state index >= 15 is 0 Å². The van der Waals surface area contributed by atoms with Crippen LogP contribution in [-0.4, -0.2) is 18.0 Å². The molecule has 4 heteroatoms. The molecule has 1 aromatic rings. The van der Waals surface area contributed by atoms with Crippen LogP contribution >= 0.6 is 0 Å². The number of methoxy groups -OCH3 is 1.